The van der Waals surface area contributed by atoms with E-state index in [9.17, 15) is 18.0 Å². The number of carbonyl (C=O) groups excluding carboxylic acids is 1. The predicted molar refractivity (Wildman–Crippen MR) is 65.5 cm³/mol. The highest BCUT2D eigenvalue weighted by Gasteiger charge is 2.81. The highest BCUT2D eigenvalue weighted by Crippen LogP contribution is 2.72. The lowest BCUT2D eigenvalue weighted by Crippen LogP contribution is -2.42. The Hall–Kier alpha value is -0.780. The maximum atomic E-state index is 13.1. The molecule has 1 saturated carbocycles. The minimum absolute atomic E-state index is 0.0243. The van der Waals surface area contributed by atoms with Crippen LogP contribution in [0, 0.1) is 16.2 Å². The van der Waals surface area contributed by atoms with Gasteiger partial charge in [0.05, 0.1) is 5.41 Å². The van der Waals surface area contributed by atoms with Gasteiger partial charge in [-0.25, -0.2) is 0 Å². The zero-order valence-corrected chi connectivity index (χ0v) is 11.6. The number of piperidine rings is 1. The largest absolute Gasteiger partial charge is 0.396 e. The summed E-state index contributed by atoms with van der Waals surface area (Å²) < 4.78 is 39.3. The highest BCUT2D eigenvalue weighted by molar-refractivity contribution is 5.81. The summed E-state index contributed by atoms with van der Waals surface area (Å²) in [6.45, 7) is 5.92. The first-order chi connectivity index (χ1) is 8.60. The van der Waals surface area contributed by atoms with Crippen LogP contribution in [0.1, 0.15) is 33.6 Å². The van der Waals surface area contributed by atoms with Gasteiger partial charge in [0.25, 0.3) is 0 Å². The van der Waals surface area contributed by atoms with Crippen LogP contribution in [0.5, 0.6) is 0 Å². The van der Waals surface area contributed by atoms with Crippen molar-refractivity contribution in [3.05, 3.63) is 0 Å². The number of hydrogen-bond acceptors (Lipinski definition) is 2. The van der Waals surface area contributed by atoms with Gasteiger partial charge >= 0.3 is 6.18 Å². The summed E-state index contributed by atoms with van der Waals surface area (Å²) >= 11 is 0. The standard InChI is InChI=1S/C13H21F3N2O/c1-4-10(2,3)9(19)18-7-11-5-12(11,8-17-6-11)13(14,15)16/h17H,4-8H2,1-3H3,(H,18,19)/t11-,12-/m1/s1. The minimum Gasteiger partial charge on any atom is -0.355 e. The first-order valence-electron chi connectivity index (χ1n) is 6.66. The van der Waals surface area contributed by atoms with Gasteiger partial charge in [-0.15, -0.1) is 0 Å². The van der Waals surface area contributed by atoms with Crippen LogP contribution in [-0.4, -0.2) is 31.7 Å². The van der Waals surface area contributed by atoms with Crippen molar-refractivity contribution in [2.45, 2.75) is 39.8 Å². The summed E-state index contributed by atoms with van der Waals surface area (Å²) in [4.78, 5) is 12.0. The van der Waals surface area contributed by atoms with Gasteiger partial charge in [0.15, 0.2) is 0 Å². The number of halogens is 3. The smallest absolute Gasteiger partial charge is 0.355 e. The third-order valence-corrected chi connectivity index (χ3v) is 5.05. The molecule has 2 aliphatic rings. The fourth-order valence-electron chi connectivity index (χ4n) is 2.97. The van der Waals surface area contributed by atoms with Crippen molar-refractivity contribution in [2.75, 3.05) is 19.6 Å². The molecule has 0 bridgehead atoms. The van der Waals surface area contributed by atoms with E-state index in [1.54, 1.807) is 13.8 Å². The number of alkyl halides is 3. The normalized spacial score (nSPS) is 34.0. The summed E-state index contributed by atoms with van der Waals surface area (Å²) in [5, 5.41) is 5.53. The summed E-state index contributed by atoms with van der Waals surface area (Å²) in [5.41, 5.74) is -2.98. The molecule has 6 heteroatoms. The summed E-state index contributed by atoms with van der Waals surface area (Å²) in [6.07, 6.45) is -3.40. The summed E-state index contributed by atoms with van der Waals surface area (Å²) in [6, 6.07) is 0. The highest BCUT2D eigenvalue weighted by atomic mass is 19.4. The molecule has 110 valence electrons. The van der Waals surface area contributed by atoms with E-state index in [-0.39, 0.29) is 25.4 Å². The van der Waals surface area contributed by atoms with E-state index < -0.39 is 22.4 Å². The van der Waals surface area contributed by atoms with E-state index >= 15 is 0 Å². The third kappa shape index (κ3) is 2.04. The van der Waals surface area contributed by atoms with Gasteiger partial charge in [-0.2, -0.15) is 13.2 Å². The first-order valence-corrected chi connectivity index (χ1v) is 6.66. The molecule has 2 atom stereocenters. The van der Waals surface area contributed by atoms with E-state index in [1.165, 1.54) is 0 Å². The Morgan fingerprint density at radius 2 is 1.95 bits per heavy atom. The molecular formula is C13H21F3N2O. The Balaban J connectivity index is 2.00. The monoisotopic (exact) mass is 278 g/mol. The SMILES string of the molecule is CCC(C)(C)C(=O)NC[C@@]12CNC[C@]1(C(F)(F)F)C2. The van der Waals surface area contributed by atoms with Crippen LogP contribution in [0.15, 0.2) is 0 Å². The molecule has 19 heavy (non-hydrogen) atoms. The number of amides is 1. The number of rotatable bonds is 4. The van der Waals surface area contributed by atoms with Gasteiger partial charge in [-0.05, 0) is 12.8 Å². The first kappa shape index (κ1) is 14.6. The molecule has 0 unspecified atom stereocenters. The molecule has 0 spiro atoms. The molecule has 3 nitrogen and oxygen atoms in total. The number of carbonyl (C=O) groups is 1. The minimum atomic E-state index is -4.19. The van der Waals surface area contributed by atoms with Crippen molar-refractivity contribution < 1.29 is 18.0 Å². The molecule has 0 aromatic rings. The zero-order valence-electron chi connectivity index (χ0n) is 11.6. The van der Waals surface area contributed by atoms with E-state index in [0.29, 0.717) is 13.0 Å². The fraction of sp³-hybridized carbons (Fsp3) is 0.923. The topological polar surface area (TPSA) is 41.1 Å². The quantitative estimate of drug-likeness (QED) is 0.826. The van der Waals surface area contributed by atoms with Crippen LogP contribution < -0.4 is 10.6 Å². The second-order valence-electron chi connectivity index (χ2n) is 6.56. The predicted octanol–water partition coefficient (Wildman–Crippen LogP) is 2.08. The lowest BCUT2D eigenvalue weighted by Gasteiger charge is -2.25. The van der Waals surface area contributed by atoms with Crippen molar-refractivity contribution in [3.8, 4) is 0 Å². The molecule has 2 N–H and O–H groups in total. The Morgan fingerprint density at radius 1 is 1.32 bits per heavy atom. The van der Waals surface area contributed by atoms with Gasteiger partial charge in [0, 0.05) is 30.5 Å². The molecule has 1 aliphatic heterocycles. The molecule has 0 aromatic heterocycles. The van der Waals surface area contributed by atoms with E-state index in [4.69, 9.17) is 0 Å². The Labute approximate surface area is 111 Å². The van der Waals surface area contributed by atoms with Gasteiger partial charge in [0.2, 0.25) is 5.91 Å². The van der Waals surface area contributed by atoms with E-state index in [0.717, 1.165) is 0 Å². The van der Waals surface area contributed by atoms with Gasteiger partial charge in [-0.3, -0.25) is 4.79 Å². The molecule has 2 fully saturated rings. The summed E-state index contributed by atoms with van der Waals surface area (Å²) in [5.74, 6) is -0.167. The Kier molecular flexibility index (Phi) is 3.16. The van der Waals surface area contributed by atoms with E-state index in [2.05, 4.69) is 10.6 Å². The van der Waals surface area contributed by atoms with Crippen LogP contribution in [0.3, 0.4) is 0 Å². The maximum Gasteiger partial charge on any atom is 0.396 e. The average Bonchev–Trinajstić information content (AvgIpc) is 2.84. The second-order valence-corrected chi connectivity index (χ2v) is 6.56. The van der Waals surface area contributed by atoms with Crippen LogP contribution in [0.25, 0.3) is 0 Å². The zero-order chi connectivity index (χ0) is 14.5. The Bertz CT molecular complexity index is 394. The number of fused-ring (bicyclic) bond motifs is 1. The molecule has 1 aliphatic carbocycles. The van der Waals surface area contributed by atoms with Gasteiger partial charge < -0.3 is 10.6 Å². The molecule has 0 radical (unpaired) electrons. The van der Waals surface area contributed by atoms with Crippen molar-refractivity contribution >= 4 is 5.91 Å². The van der Waals surface area contributed by atoms with Gasteiger partial charge in [-0.1, -0.05) is 20.8 Å². The summed E-state index contributed by atoms with van der Waals surface area (Å²) in [7, 11) is 0. The number of nitrogens with one attached hydrogen (secondary N) is 2. The van der Waals surface area contributed by atoms with Crippen molar-refractivity contribution in [2.24, 2.45) is 16.2 Å². The van der Waals surface area contributed by atoms with Crippen LogP contribution in [0.4, 0.5) is 13.2 Å². The van der Waals surface area contributed by atoms with Crippen LogP contribution in [0.2, 0.25) is 0 Å². The van der Waals surface area contributed by atoms with Crippen LogP contribution >= 0.6 is 0 Å². The number of hydrogen-bond donors (Lipinski definition) is 2. The van der Waals surface area contributed by atoms with Crippen molar-refractivity contribution in [1.82, 2.24) is 10.6 Å². The van der Waals surface area contributed by atoms with Crippen molar-refractivity contribution in [1.29, 1.82) is 0 Å². The lowest BCUT2D eigenvalue weighted by molar-refractivity contribution is -0.190. The average molecular weight is 278 g/mol. The maximum absolute atomic E-state index is 13.1. The fourth-order valence-corrected chi connectivity index (χ4v) is 2.97. The van der Waals surface area contributed by atoms with E-state index in [1.807, 2.05) is 6.92 Å². The molecule has 1 heterocycles. The molecule has 1 saturated heterocycles. The molecule has 1 amide bonds. The lowest BCUT2D eigenvalue weighted by atomic mass is 9.88. The molecular weight excluding hydrogens is 257 g/mol. The second kappa shape index (κ2) is 4.11. The van der Waals surface area contributed by atoms with Gasteiger partial charge in [0.1, 0.15) is 0 Å². The van der Waals surface area contributed by atoms with Crippen LogP contribution in [-0.2, 0) is 4.79 Å². The molecule has 2 rings (SSSR count). The molecule has 0 aromatic carbocycles. The Morgan fingerprint density at radius 3 is 2.42 bits per heavy atom. The van der Waals surface area contributed by atoms with Crippen molar-refractivity contribution in [3.63, 3.8) is 0 Å². The third-order valence-electron chi connectivity index (χ3n) is 5.05.